The van der Waals surface area contributed by atoms with Crippen LogP contribution < -0.4 is 0 Å². The van der Waals surface area contributed by atoms with E-state index in [2.05, 4.69) is 0 Å². The Morgan fingerprint density at radius 3 is 2.41 bits per heavy atom. The minimum absolute atomic E-state index is 0.0131. The average Bonchev–Trinajstić information content (AvgIpc) is 2.23. The van der Waals surface area contributed by atoms with E-state index in [9.17, 15) is 13.9 Å². The van der Waals surface area contributed by atoms with Gasteiger partial charge in [-0.1, -0.05) is 12.1 Å². The second-order valence-electron chi connectivity index (χ2n) is 3.61. The van der Waals surface area contributed by atoms with Crippen LogP contribution in [0.2, 0.25) is 0 Å². The summed E-state index contributed by atoms with van der Waals surface area (Å²) >= 11 is 0. The number of phenols is 1. The molecular weight excluding hydrogens is 263 g/mol. The summed E-state index contributed by atoms with van der Waals surface area (Å²) in [6.07, 6.45) is 0.584. The van der Waals surface area contributed by atoms with Crippen LogP contribution >= 0.6 is 7.60 Å². The molecule has 1 atom stereocenters. The topological polar surface area (TPSA) is 94.8 Å². The van der Waals surface area contributed by atoms with Crippen molar-refractivity contribution >= 4 is 18.4 Å². The van der Waals surface area contributed by atoms with Crippen molar-refractivity contribution in [3.63, 3.8) is 0 Å². The molecule has 7 heteroatoms. The summed E-state index contributed by atoms with van der Waals surface area (Å²) in [5, 5.41) is 9.45. The van der Waals surface area contributed by atoms with E-state index in [1.807, 2.05) is 0 Å². The number of benzene rings is 1. The van der Waals surface area contributed by atoms with Crippen molar-refractivity contribution in [2.75, 3.05) is 11.9 Å². The maximum atomic E-state index is 11.7. The molecule has 0 aliphatic carbocycles. The number of hydrogen-bond donors (Lipinski definition) is 3. The van der Waals surface area contributed by atoms with Gasteiger partial charge in [0, 0.05) is 11.9 Å². The van der Waals surface area contributed by atoms with E-state index in [4.69, 9.17) is 9.79 Å². The molecule has 0 heterocycles. The minimum Gasteiger partial charge on any atom is -0.507 e. The first-order valence-corrected chi connectivity index (χ1v) is 8.23. The van der Waals surface area contributed by atoms with E-state index in [1.165, 1.54) is 6.07 Å². The van der Waals surface area contributed by atoms with Gasteiger partial charge in [0.2, 0.25) is 0 Å². The summed E-state index contributed by atoms with van der Waals surface area (Å²) in [6, 6.07) is 6.36. The maximum Gasteiger partial charge on any atom is 0.325 e. The van der Waals surface area contributed by atoms with E-state index in [1.54, 1.807) is 18.2 Å². The van der Waals surface area contributed by atoms with Crippen molar-refractivity contribution in [1.29, 1.82) is 0 Å². The van der Waals surface area contributed by atoms with Crippen LogP contribution in [0.3, 0.4) is 0 Å². The standard InChI is InChI=1S/C10H15O5PS/c11-9-5-1-2-6-10(9)17(15)8-4-3-7-16(12,13)14/h1-2,5-6,11H,3-4,7-8H2,(H2,12,13,14)/t17-/m1/s1. The summed E-state index contributed by atoms with van der Waals surface area (Å²) < 4.78 is 22.3. The largest absolute Gasteiger partial charge is 0.507 e. The predicted molar refractivity (Wildman–Crippen MR) is 65.5 cm³/mol. The molecule has 0 amide bonds. The Balaban J connectivity index is 2.41. The Labute approximate surface area is 102 Å². The second kappa shape index (κ2) is 6.31. The third kappa shape index (κ3) is 5.46. The molecule has 0 aromatic heterocycles. The second-order valence-corrected chi connectivity index (χ2v) is 6.93. The summed E-state index contributed by atoms with van der Waals surface area (Å²) in [5.41, 5.74) is 0. The molecule has 0 saturated carbocycles. The van der Waals surface area contributed by atoms with Crippen molar-refractivity contribution in [1.82, 2.24) is 0 Å². The molecule has 0 unspecified atom stereocenters. The molecule has 1 rings (SSSR count). The van der Waals surface area contributed by atoms with Crippen molar-refractivity contribution < 1.29 is 23.7 Å². The van der Waals surface area contributed by atoms with Crippen molar-refractivity contribution in [3.8, 4) is 5.75 Å². The van der Waals surface area contributed by atoms with Gasteiger partial charge in [0.05, 0.1) is 15.7 Å². The number of phenolic OH excluding ortho intramolecular Hbond substituents is 1. The summed E-state index contributed by atoms with van der Waals surface area (Å²) in [7, 11) is -5.28. The van der Waals surface area contributed by atoms with Crippen LogP contribution in [0.5, 0.6) is 5.75 Å². The monoisotopic (exact) mass is 278 g/mol. The normalized spacial score (nSPS) is 13.5. The number of unbranched alkanes of at least 4 members (excludes halogenated alkanes) is 1. The van der Waals surface area contributed by atoms with Crippen LogP contribution in [-0.2, 0) is 15.4 Å². The molecule has 3 N–H and O–H groups in total. The molecule has 0 bridgehead atoms. The first kappa shape index (κ1) is 14.4. The number of rotatable bonds is 6. The first-order chi connectivity index (χ1) is 7.90. The number of para-hydroxylation sites is 1. The highest BCUT2D eigenvalue weighted by molar-refractivity contribution is 7.85. The van der Waals surface area contributed by atoms with E-state index >= 15 is 0 Å². The van der Waals surface area contributed by atoms with E-state index < -0.39 is 18.4 Å². The van der Waals surface area contributed by atoms with Crippen LogP contribution in [0.4, 0.5) is 0 Å². The molecule has 0 fully saturated rings. The lowest BCUT2D eigenvalue weighted by molar-refractivity contribution is 0.371. The fraction of sp³-hybridized carbons (Fsp3) is 0.400. The number of aromatic hydroxyl groups is 1. The summed E-state index contributed by atoms with van der Waals surface area (Å²) in [6.45, 7) is 0. The average molecular weight is 278 g/mol. The third-order valence-corrected chi connectivity index (χ3v) is 4.53. The smallest absolute Gasteiger partial charge is 0.325 e. The van der Waals surface area contributed by atoms with Gasteiger partial charge in [-0.3, -0.25) is 8.77 Å². The quantitative estimate of drug-likeness (QED) is 0.541. The fourth-order valence-electron chi connectivity index (χ4n) is 1.31. The summed E-state index contributed by atoms with van der Waals surface area (Å²) in [4.78, 5) is 17.6. The van der Waals surface area contributed by atoms with Gasteiger partial charge in [-0.05, 0) is 25.0 Å². The van der Waals surface area contributed by atoms with Crippen molar-refractivity contribution in [3.05, 3.63) is 24.3 Å². The molecule has 0 aliphatic heterocycles. The Bertz CT molecular complexity index is 442. The van der Waals surface area contributed by atoms with E-state index in [-0.39, 0.29) is 17.7 Å². The summed E-state index contributed by atoms with van der Waals surface area (Å²) in [5.74, 6) is 0.276. The molecule has 0 saturated heterocycles. The Hall–Kier alpha value is -0.680. The molecule has 0 radical (unpaired) electrons. The maximum absolute atomic E-state index is 11.7. The van der Waals surface area contributed by atoms with E-state index in [0.717, 1.165) is 0 Å². The van der Waals surface area contributed by atoms with Crippen LogP contribution in [-0.4, -0.2) is 31.0 Å². The van der Waals surface area contributed by atoms with Crippen LogP contribution in [0.15, 0.2) is 29.2 Å². The van der Waals surface area contributed by atoms with Crippen LogP contribution in [0.1, 0.15) is 12.8 Å². The highest BCUT2D eigenvalue weighted by Gasteiger charge is 2.13. The van der Waals surface area contributed by atoms with Crippen molar-refractivity contribution in [2.45, 2.75) is 17.7 Å². The molecule has 5 nitrogen and oxygen atoms in total. The van der Waals surface area contributed by atoms with Gasteiger partial charge in [0.15, 0.2) is 0 Å². The molecular formula is C10H15O5PS. The van der Waals surface area contributed by atoms with Crippen LogP contribution in [0, 0.1) is 0 Å². The van der Waals surface area contributed by atoms with Gasteiger partial charge in [-0.2, -0.15) is 0 Å². The highest BCUT2D eigenvalue weighted by atomic mass is 32.2. The van der Waals surface area contributed by atoms with Crippen molar-refractivity contribution in [2.24, 2.45) is 0 Å². The Morgan fingerprint density at radius 2 is 1.82 bits per heavy atom. The zero-order valence-electron chi connectivity index (χ0n) is 9.15. The minimum atomic E-state index is -3.96. The van der Waals surface area contributed by atoms with Gasteiger partial charge in [-0.15, -0.1) is 0 Å². The van der Waals surface area contributed by atoms with Gasteiger partial charge in [0.25, 0.3) is 0 Å². The van der Waals surface area contributed by atoms with E-state index in [0.29, 0.717) is 17.7 Å². The lowest BCUT2D eigenvalue weighted by Gasteiger charge is -2.05. The predicted octanol–water partition coefficient (Wildman–Crippen LogP) is 1.46. The Kier molecular flexibility index (Phi) is 5.33. The molecule has 96 valence electrons. The highest BCUT2D eigenvalue weighted by Crippen LogP contribution is 2.35. The Morgan fingerprint density at radius 1 is 1.18 bits per heavy atom. The molecule has 0 aliphatic rings. The lowest BCUT2D eigenvalue weighted by atomic mass is 10.3. The number of hydrogen-bond acceptors (Lipinski definition) is 3. The molecule has 1 aromatic carbocycles. The van der Waals surface area contributed by atoms with Gasteiger partial charge >= 0.3 is 7.60 Å². The van der Waals surface area contributed by atoms with Gasteiger partial charge in [-0.25, -0.2) is 0 Å². The van der Waals surface area contributed by atoms with Crippen LogP contribution in [0.25, 0.3) is 0 Å². The lowest BCUT2D eigenvalue weighted by Crippen LogP contribution is -2.00. The SMILES string of the molecule is O=[S@](CCCCP(=O)(O)O)c1ccccc1O. The fourth-order valence-corrected chi connectivity index (χ4v) is 3.16. The molecule has 1 aromatic rings. The zero-order chi connectivity index (χ0) is 12.9. The zero-order valence-corrected chi connectivity index (χ0v) is 10.9. The molecule has 17 heavy (non-hydrogen) atoms. The van der Waals surface area contributed by atoms with Gasteiger partial charge in [0.1, 0.15) is 5.75 Å². The third-order valence-electron chi connectivity index (χ3n) is 2.14. The molecule has 0 spiro atoms. The van der Waals surface area contributed by atoms with Gasteiger partial charge < -0.3 is 14.9 Å². The first-order valence-electron chi connectivity index (χ1n) is 5.11.